The van der Waals surface area contributed by atoms with E-state index < -0.39 is 24.5 Å². The molecule has 0 radical (unpaired) electrons. The van der Waals surface area contributed by atoms with Crippen molar-refractivity contribution in [2.45, 2.75) is 13.3 Å². The van der Waals surface area contributed by atoms with Crippen molar-refractivity contribution < 1.29 is 24.4 Å². The lowest BCUT2D eigenvalue weighted by atomic mass is 9.80. The molecule has 6 heteroatoms. The average molecular weight is 360 g/mol. The van der Waals surface area contributed by atoms with Crippen molar-refractivity contribution in [3.8, 4) is 0 Å². The maximum Gasteiger partial charge on any atom is 0.331 e. The van der Waals surface area contributed by atoms with Crippen LogP contribution in [0.1, 0.15) is 13.3 Å². The number of carbonyl (C=O) groups is 2. The van der Waals surface area contributed by atoms with Crippen LogP contribution in [0.4, 0.5) is 0 Å². The van der Waals surface area contributed by atoms with Gasteiger partial charge in [0.05, 0.1) is 5.41 Å². The molecular weight excluding hydrogens is 339 g/mol. The highest BCUT2D eigenvalue weighted by Crippen LogP contribution is 2.47. The molecule has 1 heterocycles. The van der Waals surface area contributed by atoms with Gasteiger partial charge in [-0.25, -0.2) is 4.79 Å². The molecule has 0 spiro atoms. The van der Waals surface area contributed by atoms with Crippen molar-refractivity contribution >= 4 is 24.4 Å². The van der Waals surface area contributed by atoms with E-state index in [-0.39, 0.29) is 12.0 Å². The van der Waals surface area contributed by atoms with E-state index in [9.17, 15) is 14.2 Å². The van der Waals surface area contributed by atoms with Crippen LogP contribution in [0.2, 0.25) is 0 Å². The SMILES string of the molecule is CC1(C(=O)O)C=CC=C(C(=O)O)C1.O=P1(c2ccccc2)CC=CC1. The second-order valence-corrected chi connectivity index (χ2v) is 9.34. The number of rotatable bonds is 3. The fourth-order valence-corrected chi connectivity index (χ4v) is 4.92. The topological polar surface area (TPSA) is 91.7 Å². The zero-order valence-electron chi connectivity index (χ0n) is 14.0. The molecule has 1 aliphatic carbocycles. The van der Waals surface area contributed by atoms with Crippen LogP contribution in [0.3, 0.4) is 0 Å². The fraction of sp³-hybridized carbons (Fsp3) is 0.263. The Kier molecular flexibility index (Phi) is 5.81. The number of hydrogen-bond donors (Lipinski definition) is 2. The van der Waals surface area contributed by atoms with Crippen LogP contribution in [0, 0.1) is 5.41 Å². The molecule has 0 saturated carbocycles. The maximum atomic E-state index is 12.2. The highest BCUT2D eigenvalue weighted by Gasteiger charge is 2.34. The van der Waals surface area contributed by atoms with E-state index in [0.717, 1.165) is 17.6 Å². The van der Waals surface area contributed by atoms with Gasteiger partial charge in [0.15, 0.2) is 0 Å². The summed E-state index contributed by atoms with van der Waals surface area (Å²) < 4.78 is 12.2. The van der Waals surface area contributed by atoms with Gasteiger partial charge in [0.25, 0.3) is 0 Å². The predicted octanol–water partition coefficient (Wildman–Crippen LogP) is 3.29. The molecule has 1 aromatic carbocycles. The van der Waals surface area contributed by atoms with Gasteiger partial charge in [-0.15, -0.1) is 0 Å². The molecule has 0 aromatic heterocycles. The van der Waals surface area contributed by atoms with Crippen molar-refractivity contribution in [1.29, 1.82) is 0 Å². The molecular formula is C19H21O5P. The molecule has 132 valence electrons. The van der Waals surface area contributed by atoms with Gasteiger partial charge in [-0.1, -0.05) is 60.7 Å². The smallest absolute Gasteiger partial charge is 0.331 e. The summed E-state index contributed by atoms with van der Waals surface area (Å²) >= 11 is 0. The van der Waals surface area contributed by atoms with Crippen LogP contribution in [-0.2, 0) is 14.2 Å². The first-order valence-corrected chi connectivity index (χ1v) is 9.98. The number of benzene rings is 1. The van der Waals surface area contributed by atoms with Crippen LogP contribution >= 0.6 is 7.14 Å². The van der Waals surface area contributed by atoms with E-state index in [0.29, 0.717) is 0 Å². The summed E-state index contributed by atoms with van der Waals surface area (Å²) in [4.78, 5) is 21.3. The Morgan fingerprint density at radius 3 is 2.20 bits per heavy atom. The van der Waals surface area contributed by atoms with Crippen molar-refractivity contribution in [3.63, 3.8) is 0 Å². The lowest BCUT2D eigenvalue weighted by Crippen LogP contribution is -2.28. The molecule has 1 aromatic rings. The average Bonchev–Trinajstić information content (AvgIpc) is 3.04. The molecule has 1 aliphatic heterocycles. The Labute approximate surface area is 146 Å². The van der Waals surface area contributed by atoms with Gasteiger partial charge in [0.1, 0.15) is 7.14 Å². The van der Waals surface area contributed by atoms with Crippen molar-refractivity contribution in [2.75, 3.05) is 12.3 Å². The second kappa shape index (κ2) is 7.66. The molecule has 0 bridgehead atoms. The second-order valence-electron chi connectivity index (χ2n) is 6.32. The minimum Gasteiger partial charge on any atom is -0.481 e. The number of carboxylic acid groups (broad SMARTS) is 2. The van der Waals surface area contributed by atoms with Crippen molar-refractivity contribution in [1.82, 2.24) is 0 Å². The molecule has 1 unspecified atom stereocenters. The molecule has 25 heavy (non-hydrogen) atoms. The predicted molar refractivity (Wildman–Crippen MR) is 97.8 cm³/mol. The summed E-state index contributed by atoms with van der Waals surface area (Å²) in [5, 5.41) is 18.5. The van der Waals surface area contributed by atoms with Gasteiger partial charge in [0.2, 0.25) is 0 Å². The quantitative estimate of drug-likeness (QED) is 0.637. The van der Waals surface area contributed by atoms with Crippen molar-refractivity contribution in [2.24, 2.45) is 5.41 Å². The molecule has 1 atom stereocenters. The molecule has 0 saturated heterocycles. The lowest BCUT2D eigenvalue weighted by Gasteiger charge is -2.23. The summed E-state index contributed by atoms with van der Waals surface area (Å²) in [6.07, 6.45) is 9.97. The van der Waals surface area contributed by atoms with Gasteiger partial charge in [-0.2, -0.15) is 0 Å². The largest absolute Gasteiger partial charge is 0.481 e. The summed E-state index contributed by atoms with van der Waals surface area (Å²) in [5.41, 5.74) is -0.949. The van der Waals surface area contributed by atoms with E-state index in [4.69, 9.17) is 10.2 Å². The Morgan fingerprint density at radius 2 is 1.68 bits per heavy atom. The molecule has 3 rings (SSSR count). The van der Waals surface area contributed by atoms with E-state index >= 15 is 0 Å². The van der Waals surface area contributed by atoms with Crippen molar-refractivity contribution in [3.05, 3.63) is 66.3 Å². The zero-order valence-corrected chi connectivity index (χ0v) is 14.9. The third kappa shape index (κ3) is 4.58. The van der Waals surface area contributed by atoms with E-state index in [1.54, 1.807) is 0 Å². The first-order chi connectivity index (χ1) is 11.8. The van der Waals surface area contributed by atoms with Crippen LogP contribution in [0.25, 0.3) is 0 Å². The maximum absolute atomic E-state index is 12.2. The third-order valence-electron chi connectivity index (χ3n) is 4.28. The monoisotopic (exact) mass is 360 g/mol. The summed E-state index contributed by atoms with van der Waals surface area (Å²) in [6.45, 7) is 1.50. The Bertz CT molecular complexity index is 779. The molecule has 2 aliphatic rings. The molecule has 2 N–H and O–H groups in total. The highest BCUT2D eigenvalue weighted by molar-refractivity contribution is 7.72. The van der Waals surface area contributed by atoms with Gasteiger partial charge in [0, 0.05) is 23.2 Å². The first-order valence-electron chi connectivity index (χ1n) is 7.91. The summed E-state index contributed by atoms with van der Waals surface area (Å²) in [5.74, 6) is -2.06. The Hall–Kier alpha value is -2.39. The van der Waals surface area contributed by atoms with E-state index in [2.05, 4.69) is 0 Å². The highest BCUT2D eigenvalue weighted by atomic mass is 31.2. The molecule has 5 nitrogen and oxygen atoms in total. The van der Waals surface area contributed by atoms with E-state index in [1.807, 2.05) is 42.5 Å². The third-order valence-corrected chi connectivity index (χ3v) is 7.12. The molecule has 0 amide bonds. The minimum atomic E-state index is -2.03. The van der Waals surface area contributed by atoms with Crippen LogP contribution < -0.4 is 5.30 Å². The molecule has 0 fully saturated rings. The van der Waals surface area contributed by atoms with Crippen LogP contribution in [-0.4, -0.2) is 34.5 Å². The Morgan fingerprint density at radius 1 is 1.08 bits per heavy atom. The van der Waals surface area contributed by atoms with Gasteiger partial charge >= 0.3 is 11.9 Å². The summed E-state index contributed by atoms with van der Waals surface area (Å²) in [7, 11) is -2.03. The zero-order chi connectivity index (χ0) is 18.5. The summed E-state index contributed by atoms with van der Waals surface area (Å²) in [6, 6.07) is 9.79. The van der Waals surface area contributed by atoms with Crippen LogP contribution in [0.5, 0.6) is 0 Å². The normalized spacial score (nSPS) is 23.3. The first kappa shape index (κ1) is 18.9. The standard InChI is InChI=1S/C10H11OP.C9H10O4/c11-12(8-4-5-9-12)10-6-2-1-3-7-10;1-9(8(12)13)4-2-3-6(5-9)7(10)11/h1-7H,8-9H2;2-4H,5H2,1H3,(H,10,11)(H,12,13). The van der Waals surface area contributed by atoms with Gasteiger partial charge < -0.3 is 14.8 Å². The fourth-order valence-electron chi connectivity index (χ4n) is 2.66. The van der Waals surface area contributed by atoms with Crippen LogP contribution in [0.15, 0.2) is 66.3 Å². The number of carboxylic acids is 2. The Balaban J connectivity index is 0.000000181. The van der Waals surface area contributed by atoms with E-state index in [1.165, 1.54) is 25.2 Å². The van der Waals surface area contributed by atoms with Gasteiger partial charge in [-0.05, 0) is 13.3 Å². The minimum absolute atomic E-state index is 0.0359. The van der Waals surface area contributed by atoms with Gasteiger partial charge in [-0.3, -0.25) is 4.79 Å². The number of aliphatic carboxylic acids is 2. The number of hydrogen-bond acceptors (Lipinski definition) is 3. The number of allylic oxidation sites excluding steroid dienone is 4. The lowest BCUT2D eigenvalue weighted by molar-refractivity contribution is -0.145.